The number of hydrogen-bond acceptors (Lipinski definition) is 2. The Morgan fingerprint density at radius 2 is 2.35 bits per heavy atom. The Labute approximate surface area is 106 Å². The van der Waals surface area contributed by atoms with E-state index in [0.29, 0.717) is 0 Å². The zero-order valence-corrected chi connectivity index (χ0v) is 10.7. The molecular weight excluding hydrogens is 234 g/mol. The SMILES string of the molecule is CC(Cl)c1nc2cnccc2n1CCC1CC1. The van der Waals surface area contributed by atoms with Gasteiger partial charge < -0.3 is 4.57 Å². The third kappa shape index (κ3) is 2.16. The first kappa shape index (κ1) is 11.0. The highest BCUT2D eigenvalue weighted by molar-refractivity contribution is 6.20. The van der Waals surface area contributed by atoms with Gasteiger partial charge >= 0.3 is 0 Å². The summed E-state index contributed by atoms with van der Waals surface area (Å²) in [6.45, 7) is 3.00. The van der Waals surface area contributed by atoms with E-state index in [1.54, 1.807) is 0 Å². The third-order valence-corrected chi connectivity index (χ3v) is 3.59. The molecule has 3 nitrogen and oxygen atoms in total. The number of aryl methyl sites for hydroxylation is 1. The molecule has 0 saturated heterocycles. The summed E-state index contributed by atoms with van der Waals surface area (Å²) in [5.41, 5.74) is 2.11. The van der Waals surface area contributed by atoms with Gasteiger partial charge in [0.2, 0.25) is 0 Å². The molecule has 0 N–H and O–H groups in total. The fraction of sp³-hybridized carbons (Fsp3) is 0.538. The molecule has 4 heteroatoms. The number of hydrogen-bond donors (Lipinski definition) is 0. The summed E-state index contributed by atoms with van der Waals surface area (Å²) in [5, 5.41) is -0.0541. The van der Waals surface area contributed by atoms with Crippen LogP contribution in [0.15, 0.2) is 18.5 Å². The highest BCUT2D eigenvalue weighted by Crippen LogP contribution is 2.34. The highest BCUT2D eigenvalue weighted by atomic mass is 35.5. The van der Waals surface area contributed by atoms with Crippen LogP contribution in [-0.4, -0.2) is 14.5 Å². The van der Waals surface area contributed by atoms with E-state index in [9.17, 15) is 0 Å². The number of aromatic nitrogens is 3. The summed E-state index contributed by atoms with van der Waals surface area (Å²) in [6.07, 6.45) is 7.65. The van der Waals surface area contributed by atoms with Crippen molar-refractivity contribution in [1.82, 2.24) is 14.5 Å². The minimum Gasteiger partial charge on any atom is -0.327 e. The van der Waals surface area contributed by atoms with Gasteiger partial charge in [-0.1, -0.05) is 12.8 Å². The molecule has 1 unspecified atom stereocenters. The van der Waals surface area contributed by atoms with Crippen LogP contribution in [0.25, 0.3) is 11.0 Å². The summed E-state index contributed by atoms with van der Waals surface area (Å²) in [6, 6.07) is 2.03. The van der Waals surface area contributed by atoms with Crippen LogP contribution in [0, 0.1) is 5.92 Å². The summed E-state index contributed by atoms with van der Waals surface area (Å²) >= 11 is 6.21. The topological polar surface area (TPSA) is 30.7 Å². The first-order valence-corrected chi connectivity index (χ1v) is 6.63. The summed E-state index contributed by atoms with van der Waals surface area (Å²) < 4.78 is 2.26. The molecule has 2 aromatic heterocycles. The molecule has 1 aliphatic carbocycles. The second kappa shape index (κ2) is 4.30. The number of alkyl halides is 1. The molecule has 3 rings (SSSR count). The number of pyridine rings is 1. The Morgan fingerprint density at radius 1 is 1.53 bits per heavy atom. The molecule has 0 radical (unpaired) electrons. The lowest BCUT2D eigenvalue weighted by atomic mass is 10.3. The fourth-order valence-electron chi connectivity index (χ4n) is 2.26. The van der Waals surface area contributed by atoms with E-state index in [-0.39, 0.29) is 5.38 Å². The van der Waals surface area contributed by atoms with Gasteiger partial charge in [0.25, 0.3) is 0 Å². The second-order valence-electron chi connectivity index (χ2n) is 4.83. The van der Waals surface area contributed by atoms with Gasteiger partial charge in [-0.2, -0.15) is 0 Å². The zero-order chi connectivity index (χ0) is 11.8. The van der Waals surface area contributed by atoms with E-state index in [1.165, 1.54) is 19.3 Å². The molecule has 1 atom stereocenters. The van der Waals surface area contributed by atoms with Crippen molar-refractivity contribution in [1.29, 1.82) is 0 Å². The number of nitrogens with zero attached hydrogens (tertiary/aromatic N) is 3. The lowest BCUT2D eigenvalue weighted by molar-refractivity contribution is 0.585. The van der Waals surface area contributed by atoms with Crippen molar-refractivity contribution in [2.45, 2.75) is 38.1 Å². The lowest BCUT2D eigenvalue weighted by Gasteiger charge is -2.09. The number of halogens is 1. The maximum absolute atomic E-state index is 6.21. The van der Waals surface area contributed by atoms with Crippen molar-refractivity contribution in [2.24, 2.45) is 5.92 Å². The van der Waals surface area contributed by atoms with Crippen molar-refractivity contribution in [3.63, 3.8) is 0 Å². The van der Waals surface area contributed by atoms with Gasteiger partial charge in [0.05, 0.1) is 17.1 Å². The van der Waals surface area contributed by atoms with E-state index >= 15 is 0 Å². The molecule has 1 fully saturated rings. The molecule has 1 saturated carbocycles. The van der Waals surface area contributed by atoms with Crippen LogP contribution in [0.5, 0.6) is 0 Å². The van der Waals surface area contributed by atoms with Crippen molar-refractivity contribution in [3.8, 4) is 0 Å². The Kier molecular flexibility index (Phi) is 2.79. The largest absolute Gasteiger partial charge is 0.327 e. The molecule has 2 aromatic rings. The predicted octanol–water partition coefficient (Wildman–Crippen LogP) is 3.53. The smallest absolute Gasteiger partial charge is 0.127 e. The van der Waals surface area contributed by atoms with Gasteiger partial charge in [-0.3, -0.25) is 4.98 Å². The zero-order valence-electron chi connectivity index (χ0n) is 9.93. The summed E-state index contributed by atoms with van der Waals surface area (Å²) in [5.74, 6) is 1.89. The van der Waals surface area contributed by atoms with E-state index in [2.05, 4.69) is 14.5 Å². The van der Waals surface area contributed by atoms with E-state index in [4.69, 9.17) is 11.6 Å². The Balaban J connectivity index is 2.00. The van der Waals surface area contributed by atoms with Crippen molar-refractivity contribution >= 4 is 22.6 Å². The third-order valence-electron chi connectivity index (χ3n) is 3.39. The summed E-state index contributed by atoms with van der Waals surface area (Å²) in [7, 11) is 0. The lowest BCUT2D eigenvalue weighted by Crippen LogP contribution is -2.05. The van der Waals surface area contributed by atoms with E-state index in [1.807, 2.05) is 25.4 Å². The minimum atomic E-state index is -0.0541. The predicted molar refractivity (Wildman–Crippen MR) is 69.1 cm³/mol. The van der Waals surface area contributed by atoms with E-state index < -0.39 is 0 Å². The number of fused-ring (bicyclic) bond motifs is 1. The first-order chi connectivity index (χ1) is 8.25. The van der Waals surface area contributed by atoms with E-state index in [0.717, 1.165) is 29.3 Å². The Hall–Kier alpha value is -1.09. The molecule has 1 aliphatic rings. The van der Waals surface area contributed by atoms with Crippen LogP contribution in [0.2, 0.25) is 0 Å². The molecule has 2 heterocycles. The van der Waals surface area contributed by atoms with Gasteiger partial charge in [0.1, 0.15) is 11.3 Å². The normalized spacial score (nSPS) is 17.5. The standard InChI is InChI=1S/C13H16ClN3/c1-9(14)13-16-11-8-15-6-4-12(11)17(13)7-5-10-2-3-10/h4,6,8-10H,2-3,5,7H2,1H3. The molecule has 0 spiro atoms. The van der Waals surface area contributed by atoms with Gasteiger partial charge in [-0.15, -0.1) is 11.6 Å². The average molecular weight is 250 g/mol. The van der Waals surface area contributed by atoms with Crippen molar-refractivity contribution in [3.05, 3.63) is 24.3 Å². The van der Waals surface area contributed by atoms with Crippen LogP contribution >= 0.6 is 11.6 Å². The monoisotopic (exact) mass is 249 g/mol. The molecule has 0 aliphatic heterocycles. The van der Waals surface area contributed by atoms with Crippen molar-refractivity contribution < 1.29 is 0 Å². The highest BCUT2D eigenvalue weighted by Gasteiger charge is 2.22. The van der Waals surface area contributed by atoms with Gasteiger partial charge in [0, 0.05) is 12.7 Å². The second-order valence-corrected chi connectivity index (χ2v) is 5.49. The maximum atomic E-state index is 6.21. The molecule has 0 amide bonds. The van der Waals surface area contributed by atoms with Crippen LogP contribution in [0.3, 0.4) is 0 Å². The van der Waals surface area contributed by atoms with Gasteiger partial charge in [-0.05, 0) is 25.3 Å². The number of imidazole rings is 1. The first-order valence-electron chi connectivity index (χ1n) is 6.20. The Morgan fingerprint density at radius 3 is 3.06 bits per heavy atom. The Bertz CT molecular complexity index is 528. The van der Waals surface area contributed by atoms with Crippen LogP contribution in [0.1, 0.15) is 37.4 Å². The fourth-order valence-corrected chi connectivity index (χ4v) is 2.42. The van der Waals surface area contributed by atoms with Crippen LogP contribution in [0.4, 0.5) is 0 Å². The minimum absolute atomic E-state index is 0.0541. The number of rotatable bonds is 4. The molecule has 17 heavy (non-hydrogen) atoms. The summed E-state index contributed by atoms with van der Waals surface area (Å²) in [4.78, 5) is 8.69. The maximum Gasteiger partial charge on any atom is 0.127 e. The average Bonchev–Trinajstić information content (AvgIpc) is 3.07. The van der Waals surface area contributed by atoms with Gasteiger partial charge in [-0.25, -0.2) is 4.98 Å². The molecule has 0 bridgehead atoms. The molecular formula is C13H16ClN3. The van der Waals surface area contributed by atoms with Crippen LogP contribution < -0.4 is 0 Å². The molecule has 90 valence electrons. The molecule has 0 aromatic carbocycles. The quantitative estimate of drug-likeness (QED) is 0.776. The van der Waals surface area contributed by atoms with Crippen molar-refractivity contribution in [2.75, 3.05) is 0 Å². The van der Waals surface area contributed by atoms with Crippen LogP contribution in [-0.2, 0) is 6.54 Å². The van der Waals surface area contributed by atoms with Gasteiger partial charge in [0.15, 0.2) is 0 Å².